The van der Waals surface area contributed by atoms with E-state index in [-0.39, 0.29) is 38.7 Å². The predicted molar refractivity (Wildman–Crippen MR) is 217 cm³/mol. The number of sulfonamides is 1. The highest BCUT2D eigenvalue weighted by Gasteiger charge is 2.31. The SMILES string of the molecule is NS(=O)(=O)c1ccc(NC(=O)c2nn(-c3cccc(NN=C(C(=O)c4ccccc4)C(=O)c4ccccc4)c3)c(-c3ccccc3)c2C(=O)c2ccccc2)cc1. The maximum absolute atomic E-state index is 14.4. The molecule has 13 heteroatoms. The number of hydrogen-bond acceptors (Lipinski definition) is 9. The molecule has 0 saturated carbocycles. The Morgan fingerprint density at radius 2 is 1.12 bits per heavy atom. The number of nitrogens with two attached hydrogens (primary N) is 1. The zero-order chi connectivity index (χ0) is 39.9. The van der Waals surface area contributed by atoms with Crippen LogP contribution in [0.3, 0.4) is 0 Å². The summed E-state index contributed by atoms with van der Waals surface area (Å²) in [7, 11) is -3.98. The Balaban J connectivity index is 1.34. The maximum atomic E-state index is 14.4. The highest BCUT2D eigenvalue weighted by atomic mass is 32.2. The van der Waals surface area contributed by atoms with Crippen molar-refractivity contribution in [1.82, 2.24) is 9.78 Å². The van der Waals surface area contributed by atoms with Crippen LogP contribution in [-0.4, -0.2) is 47.2 Å². The molecule has 4 N–H and O–H groups in total. The zero-order valence-corrected chi connectivity index (χ0v) is 30.8. The lowest BCUT2D eigenvalue weighted by molar-refractivity contribution is 0.0993. The van der Waals surface area contributed by atoms with E-state index >= 15 is 0 Å². The second-order valence-corrected chi connectivity index (χ2v) is 14.1. The maximum Gasteiger partial charge on any atom is 0.276 e. The molecule has 7 rings (SSSR count). The van der Waals surface area contributed by atoms with E-state index in [1.165, 1.54) is 28.9 Å². The third kappa shape index (κ3) is 8.39. The van der Waals surface area contributed by atoms with Crippen LogP contribution >= 0.6 is 0 Å². The number of hydrazone groups is 1. The van der Waals surface area contributed by atoms with E-state index in [0.717, 1.165) is 0 Å². The van der Waals surface area contributed by atoms with Crippen molar-refractivity contribution in [2.75, 3.05) is 10.7 Å². The molecule has 0 radical (unpaired) electrons. The standard InChI is InChI=1S/C44H32N6O6S/c45-57(55,56)36-26-24-33(25-27-36)46-44(54)38-37(41(51)30-16-7-2-8-17-30)40(29-14-5-1-6-15-29)50(49-38)35-23-13-22-34(28-35)47-48-39(42(52)31-18-9-3-10-19-31)43(53)32-20-11-4-12-21-32/h1-28,47H,(H,46,54)(H2,45,55,56). The van der Waals surface area contributed by atoms with E-state index in [4.69, 9.17) is 10.2 Å². The van der Waals surface area contributed by atoms with Crippen molar-refractivity contribution in [3.8, 4) is 16.9 Å². The second kappa shape index (κ2) is 16.4. The average molecular weight is 773 g/mol. The first-order valence-electron chi connectivity index (χ1n) is 17.4. The Morgan fingerprint density at radius 1 is 0.596 bits per heavy atom. The van der Waals surface area contributed by atoms with Gasteiger partial charge in [0.15, 0.2) is 17.2 Å². The van der Waals surface area contributed by atoms with E-state index in [9.17, 15) is 27.6 Å². The Bertz CT molecular complexity index is 2700. The van der Waals surface area contributed by atoms with Crippen LogP contribution in [0.2, 0.25) is 0 Å². The van der Waals surface area contributed by atoms with Gasteiger partial charge in [-0.15, -0.1) is 0 Å². The number of ketones is 3. The van der Waals surface area contributed by atoms with Crippen molar-refractivity contribution in [2.45, 2.75) is 4.90 Å². The van der Waals surface area contributed by atoms with Gasteiger partial charge in [-0.05, 0) is 42.5 Å². The average Bonchev–Trinajstić information content (AvgIpc) is 3.66. The number of benzene rings is 6. The molecule has 0 unspecified atom stereocenters. The molecular formula is C44H32N6O6S. The van der Waals surface area contributed by atoms with Crippen molar-refractivity contribution in [3.63, 3.8) is 0 Å². The molecule has 0 atom stereocenters. The molecule has 12 nitrogen and oxygen atoms in total. The Labute approximate surface area is 327 Å². The van der Waals surface area contributed by atoms with E-state index in [1.54, 1.807) is 140 Å². The summed E-state index contributed by atoms with van der Waals surface area (Å²) >= 11 is 0. The van der Waals surface area contributed by atoms with Crippen LogP contribution < -0.4 is 15.9 Å². The van der Waals surface area contributed by atoms with Gasteiger partial charge in [0.1, 0.15) is 0 Å². The molecule has 7 aromatic rings. The number of carbonyl (C=O) groups is 4. The number of aromatic nitrogens is 2. The van der Waals surface area contributed by atoms with Crippen molar-refractivity contribution < 1.29 is 27.6 Å². The number of nitrogens with zero attached hydrogens (tertiary/aromatic N) is 3. The molecular weight excluding hydrogens is 741 g/mol. The number of primary sulfonamides is 1. The molecule has 57 heavy (non-hydrogen) atoms. The van der Waals surface area contributed by atoms with Gasteiger partial charge in [0, 0.05) is 27.9 Å². The van der Waals surface area contributed by atoms with Gasteiger partial charge in [-0.3, -0.25) is 24.6 Å². The quantitative estimate of drug-likeness (QED) is 0.0476. The fourth-order valence-corrected chi connectivity index (χ4v) is 6.49. The number of anilines is 2. The Kier molecular flexibility index (Phi) is 10.8. The smallest absolute Gasteiger partial charge is 0.276 e. The van der Waals surface area contributed by atoms with Gasteiger partial charge in [-0.25, -0.2) is 18.2 Å². The highest BCUT2D eigenvalue weighted by molar-refractivity contribution is 7.89. The van der Waals surface area contributed by atoms with E-state index in [1.807, 2.05) is 6.07 Å². The molecule has 0 spiro atoms. The molecule has 1 amide bonds. The monoisotopic (exact) mass is 772 g/mol. The van der Waals surface area contributed by atoms with Crippen LogP contribution in [0, 0.1) is 0 Å². The van der Waals surface area contributed by atoms with Crippen molar-refractivity contribution in [3.05, 3.63) is 198 Å². The van der Waals surface area contributed by atoms with Crippen molar-refractivity contribution >= 4 is 50.4 Å². The molecule has 0 fully saturated rings. The molecule has 0 saturated heterocycles. The fraction of sp³-hybridized carbons (Fsp3) is 0. The highest BCUT2D eigenvalue weighted by Crippen LogP contribution is 2.33. The van der Waals surface area contributed by atoms with Gasteiger partial charge in [0.05, 0.1) is 27.5 Å². The molecule has 0 aliphatic heterocycles. The van der Waals surface area contributed by atoms with Gasteiger partial charge in [0.25, 0.3) is 5.91 Å². The molecule has 1 aromatic heterocycles. The lowest BCUT2D eigenvalue weighted by Crippen LogP contribution is -2.26. The first-order valence-corrected chi connectivity index (χ1v) is 19.0. The van der Waals surface area contributed by atoms with Gasteiger partial charge in [0.2, 0.25) is 21.6 Å². The number of Topliss-reactive ketones (excluding diaryl/α,β-unsaturated/α-hetero) is 2. The summed E-state index contributed by atoms with van der Waals surface area (Å²) in [5.74, 6) is -2.37. The molecule has 6 aromatic carbocycles. The normalized spacial score (nSPS) is 11.0. The first kappa shape index (κ1) is 37.7. The third-order valence-corrected chi connectivity index (χ3v) is 9.67. The number of rotatable bonds is 13. The van der Waals surface area contributed by atoms with Crippen LogP contribution in [0.5, 0.6) is 0 Å². The third-order valence-electron chi connectivity index (χ3n) is 8.74. The number of carbonyl (C=O) groups excluding carboxylic acids is 4. The molecule has 0 aliphatic carbocycles. The lowest BCUT2D eigenvalue weighted by atomic mass is 9.97. The fourth-order valence-electron chi connectivity index (χ4n) is 5.98. The zero-order valence-electron chi connectivity index (χ0n) is 29.9. The minimum Gasteiger partial charge on any atom is -0.321 e. The number of hydrogen-bond donors (Lipinski definition) is 3. The van der Waals surface area contributed by atoms with Crippen LogP contribution in [-0.2, 0) is 10.0 Å². The Morgan fingerprint density at radius 3 is 1.67 bits per heavy atom. The summed E-state index contributed by atoms with van der Waals surface area (Å²) in [6.45, 7) is 0. The lowest BCUT2D eigenvalue weighted by Gasteiger charge is -2.12. The summed E-state index contributed by atoms with van der Waals surface area (Å²) in [6, 6.07) is 46.1. The first-order chi connectivity index (χ1) is 27.6. The van der Waals surface area contributed by atoms with E-state index < -0.39 is 33.3 Å². The van der Waals surface area contributed by atoms with Gasteiger partial charge in [-0.2, -0.15) is 10.2 Å². The van der Waals surface area contributed by atoms with Gasteiger partial charge in [-0.1, -0.05) is 127 Å². The van der Waals surface area contributed by atoms with Crippen molar-refractivity contribution in [1.29, 1.82) is 0 Å². The van der Waals surface area contributed by atoms with Crippen LogP contribution in [0.1, 0.15) is 47.1 Å². The van der Waals surface area contributed by atoms with E-state index in [2.05, 4.69) is 15.8 Å². The summed E-state index contributed by atoms with van der Waals surface area (Å²) in [5, 5.41) is 17.0. The minimum absolute atomic E-state index is 0.00615. The van der Waals surface area contributed by atoms with Crippen molar-refractivity contribution in [2.24, 2.45) is 10.2 Å². The minimum atomic E-state index is -3.98. The molecule has 0 bridgehead atoms. The number of nitrogens with one attached hydrogen (secondary N) is 2. The summed E-state index contributed by atoms with van der Waals surface area (Å²) in [6.07, 6.45) is 0. The summed E-state index contributed by atoms with van der Waals surface area (Å²) < 4.78 is 25.1. The summed E-state index contributed by atoms with van der Waals surface area (Å²) in [5.41, 5.74) is 5.06. The second-order valence-electron chi connectivity index (χ2n) is 12.6. The Hall–Kier alpha value is -7.61. The topological polar surface area (TPSA) is 183 Å². The van der Waals surface area contributed by atoms with Crippen LogP contribution in [0.25, 0.3) is 16.9 Å². The van der Waals surface area contributed by atoms with E-state index in [0.29, 0.717) is 28.2 Å². The predicted octanol–water partition coefficient (Wildman–Crippen LogP) is 7.20. The summed E-state index contributed by atoms with van der Waals surface area (Å²) in [4.78, 5) is 55.7. The molecule has 0 aliphatic rings. The van der Waals surface area contributed by atoms with Gasteiger partial charge >= 0.3 is 0 Å². The largest absolute Gasteiger partial charge is 0.321 e. The van der Waals surface area contributed by atoms with Crippen LogP contribution in [0.4, 0.5) is 11.4 Å². The van der Waals surface area contributed by atoms with Crippen LogP contribution in [0.15, 0.2) is 180 Å². The molecule has 1 heterocycles. The number of amides is 1. The van der Waals surface area contributed by atoms with Gasteiger partial charge < -0.3 is 5.32 Å². The molecule has 280 valence electrons.